The van der Waals surface area contributed by atoms with Crippen molar-refractivity contribution < 1.29 is 13.2 Å². The van der Waals surface area contributed by atoms with Gasteiger partial charge >= 0.3 is 6.18 Å². The first-order chi connectivity index (χ1) is 7.34. The fourth-order valence-corrected chi connectivity index (χ4v) is 1.17. The summed E-state index contributed by atoms with van der Waals surface area (Å²) < 4.78 is 36.8. The van der Waals surface area contributed by atoms with Crippen LogP contribution in [0.25, 0.3) is 0 Å². The van der Waals surface area contributed by atoms with Crippen LogP contribution in [0.4, 0.5) is 19.0 Å². The number of nitrogens with one attached hydrogen (secondary N) is 1. The van der Waals surface area contributed by atoms with E-state index in [1.807, 2.05) is 0 Å². The van der Waals surface area contributed by atoms with Crippen molar-refractivity contribution in [2.45, 2.75) is 19.1 Å². The summed E-state index contributed by atoms with van der Waals surface area (Å²) in [6.07, 6.45) is 1.36. The van der Waals surface area contributed by atoms with Crippen molar-refractivity contribution in [2.75, 3.05) is 5.32 Å². The van der Waals surface area contributed by atoms with E-state index in [-0.39, 0.29) is 16.9 Å². The predicted octanol–water partition coefficient (Wildman–Crippen LogP) is 3.19. The second-order valence-electron chi connectivity index (χ2n) is 3.08. The molecule has 1 aromatic rings. The predicted molar refractivity (Wildman–Crippen MR) is 56.2 cm³/mol. The Balaban J connectivity index is 2.97. The summed E-state index contributed by atoms with van der Waals surface area (Å²) >= 11 is 5.64. The topological polar surface area (TPSA) is 24.9 Å². The third-order valence-electron chi connectivity index (χ3n) is 1.77. The largest absolute Gasteiger partial charge is 0.417 e. The first-order valence-corrected chi connectivity index (χ1v) is 4.68. The maximum Gasteiger partial charge on any atom is 0.417 e. The van der Waals surface area contributed by atoms with E-state index in [0.717, 1.165) is 6.07 Å². The van der Waals surface area contributed by atoms with Gasteiger partial charge in [-0.2, -0.15) is 13.2 Å². The number of alkyl halides is 3. The number of rotatable bonds is 2. The van der Waals surface area contributed by atoms with Crippen LogP contribution in [-0.2, 0) is 6.18 Å². The summed E-state index contributed by atoms with van der Waals surface area (Å²) in [5.74, 6) is 2.49. The van der Waals surface area contributed by atoms with E-state index in [1.54, 1.807) is 6.92 Å². The highest BCUT2D eigenvalue weighted by atomic mass is 35.5. The number of aromatic nitrogens is 1. The molecule has 1 atom stereocenters. The van der Waals surface area contributed by atoms with Gasteiger partial charge in [-0.3, -0.25) is 0 Å². The molecule has 0 radical (unpaired) electrons. The van der Waals surface area contributed by atoms with Crippen LogP contribution in [-0.4, -0.2) is 11.0 Å². The molecule has 1 N–H and O–H groups in total. The van der Waals surface area contributed by atoms with Gasteiger partial charge in [0, 0.05) is 6.20 Å². The van der Waals surface area contributed by atoms with Gasteiger partial charge in [-0.25, -0.2) is 4.98 Å². The van der Waals surface area contributed by atoms with E-state index >= 15 is 0 Å². The zero-order valence-corrected chi connectivity index (χ0v) is 9.02. The molecule has 0 saturated heterocycles. The van der Waals surface area contributed by atoms with Gasteiger partial charge in [-0.15, -0.1) is 6.42 Å². The van der Waals surface area contributed by atoms with Gasteiger partial charge in [0.25, 0.3) is 0 Å². The zero-order valence-electron chi connectivity index (χ0n) is 8.27. The molecule has 86 valence electrons. The second-order valence-corrected chi connectivity index (χ2v) is 3.49. The smallest absolute Gasteiger partial charge is 0.355 e. The summed E-state index contributed by atoms with van der Waals surface area (Å²) in [7, 11) is 0. The Hall–Kier alpha value is -1.41. The van der Waals surface area contributed by atoms with Gasteiger partial charge in [0.2, 0.25) is 0 Å². The first kappa shape index (κ1) is 12.7. The minimum absolute atomic E-state index is 0.114. The third kappa shape index (κ3) is 3.04. The van der Waals surface area contributed by atoms with E-state index in [2.05, 4.69) is 16.2 Å². The van der Waals surface area contributed by atoms with Crippen LogP contribution >= 0.6 is 11.6 Å². The number of hydrogen-bond acceptors (Lipinski definition) is 2. The van der Waals surface area contributed by atoms with E-state index < -0.39 is 11.7 Å². The highest BCUT2D eigenvalue weighted by Gasteiger charge is 2.31. The number of halogens is 4. The molecule has 1 aromatic heterocycles. The summed E-state index contributed by atoms with van der Waals surface area (Å²) in [6.45, 7) is 1.66. The van der Waals surface area contributed by atoms with Crippen molar-refractivity contribution >= 4 is 17.4 Å². The van der Waals surface area contributed by atoms with Crippen molar-refractivity contribution in [3.8, 4) is 12.3 Å². The third-order valence-corrected chi connectivity index (χ3v) is 2.06. The summed E-state index contributed by atoms with van der Waals surface area (Å²) in [6, 6.07) is 0.446. The molecule has 0 bridgehead atoms. The SMILES string of the molecule is C#CC(C)Nc1ncc(C(F)(F)F)cc1Cl. The lowest BCUT2D eigenvalue weighted by Crippen LogP contribution is -2.14. The van der Waals surface area contributed by atoms with Crippen LogP contribution in [0.3, 0.4) is 0 Å². The molecule has 0 aromatic carbocycles. The second kappa shape index (κ2) is 4.62. The lowest BCUT2D eigenvalue weighted by molar-refractivity contribution is -0.137. The molecule has 6 heteroatoms. The van der Waals surface area contributed by atoms with E-state index in [4.69, 9.17) is 18.0 Å². The molecule has 1 unspecified atom stereocenters. The summed E-state index contributed by atoms with van der Waals surface area (Å²) in [5.41, 5.74) is -0.892. The van der Waals surface area contributed by atoms with Crippen LogP contribution in [0.1, 0.15) is 12.5 Å². The average molecular weight is 249 g/mol. The monoisotopic (exact) mass is 248 g/mol. The Labute approximate surface area is 95.8 Å². The standard InChI is InChI=1S/C10H8ClF3N2/c1-3-6(2)16-9-8(11)4-7(5-15-9)10(12,13)14/h1,4-6H,2H3,(H,15,16). The Morgan fingerprint density at radius 3 is 2.62 bits per heavy atom. The molecule has 0 spiro atoms. The highest BCUT2D eigenvalue weighted by molar-refractivity contribution is 6.33. The van der Waals surface area contributed by atoms with E-state index in [0.29, 0.717) is 6.20 Å². The number of pyridine rings is 1. The van der Waals surface area contributed by atoms with Crippen molar-refractivity contribution in [3.05, 3.63) is 22.8 Å². The number of terminal acetylenes is 1. The molecular weight excluding hydrogens is 241 g/mol. The lowest BCUT2D eigenvalue weighted by Gasteiger charge is -2.12. The van der Waals surface area contributed by atoms with Gasteiger partial charge in [0.1, 0.15) is 5.82 Å². The molecule has 0 aliphatic heterocycles. The number of hydrogen-bond donors (Lipinski definition) is 1. The quantitative estimate of drug-likeness (QED) is 0.813. The van der Waals surface area contributed by atoms with Gasteiger partial charge in [-0.1, -0.05) is 17.5 Å². The zero-order chi connectivity index (χ0) is 12.3. The van der Waals surface area contributed by atoms with Crippen LogP contribution < -0.4 is 5.32 Å². The Kier molecular flexibility index (Phi) is 3.66. The maximum absolute atomic E-state index is 12.3. The minimum atomic E-state index is -4.45. The molecule has 0 aliphatic carbocycles. The molecule has 16 heavy (non-hydrogen) atoms. The van der Waals surface area contributed by atoms with E-state index in [1.165, 1.54) is 0 Å². The van der Waals surface area contributed by atoms with Crippen molar-refractivity contribution in [2.24, 2.45) is 0 Å². The maximum atomic E-state index is 12.3. The molecule has 1 heterocycles. The van der Waals surface area contributed by atoms with Crippen molar-refractivity contribution in [1.82, 2.24) is 4.98 Å². The fourth-order valence-electron chi connectivity index (χ4n) is 0.946. The van der Waals surface area contributed by atoms with Crippen LogP contribution in [0.5, 0.6) is 0 Å². The minimum Gasteiger partial charge on any atom is -0.355 e. The Bertz CT molecular complexity index is 423. The molecule has 0 saturated carbocycles. The number of anilines is 1. The van der Waals surface area contributed by atoms with Crippen molar-refractivity contribution in [1.29, 1.82) is 0 Å². The van der Waals surface area contributed by atoms with Crippen LogP contribution in [0.2, 0.25) is 5.02 Å². The summed E-state index contributed by atoms with van der Waals surface area (Å²) in [5, 5.41) is 2.58. The molecular formula is C10H8ClF3N2. The van der Waals surface area contributed by atoms with Crippen LogP contribution in [0.15, 0.2) is 12.3 Å². The Morgan fingerprint density at radius 2 is 2.19 bits per heavy atom. The molecule has 2 nitrogen and oxygen atoms in total. The molecule has 1 rings (SSSR count). The lowest BCUT2D eigenvalue weighted by atomic mass is 10.2. The molecule has 0 amide bonds. The Morgan fingerprint density at radius 1 is 1.56 bits per heavy atom. The average Bonchev–Trinajstić information content (AvgIpc) is 2.19. The van der Waals surface area contributed by atoms with Crippen molar-refractivity contribution in [3.63, 3.8) is 0 Å². The first-order valence-electron chi connectivity index (χ1n) is 4.30. The number of nitrogens with zero attached hydrogens (tertiary/aromatic N) is 1. The highest BCUT2D eigenvalue weighted by Crippen LogP contribution is 2.32. The molecule has 0 fully saturated rings. The normalized spacial score (nSPS) is 13.0. The fraction of sp³-hybridized carbons (Fsp3) is 0.300. The molecule has 0 aliphatic rings. The van der Waals surface area contributed by atoms with Gasteiger partial charge in [0.05, 0.1) is 16.6 Å². The van der Waals surface area contributed by atoms with Gasteiger partial charge in [-0.05, 0) is 13.0 Å². The van der Waals surface area contributed by atoms with Gasteiger partial charge in [0.15, 0.2) is 0 Å². The van der Waals surface area contributed by atoms with E-state index in [9.17, 15) is 13.2 Å². The van der Waals surface area contributed by atoms with Crippen LogP contribution in [0, 0.1) is 12.3 Å². The van der Waals surface area contributed by atoms with Gasteiger partial charge < -0.3 is 5.32 Å². The summed E-state index contributed by atoms with van der Waals surface area (Å²) in [4.78, 5) is 3.57.